The number of carboxylic acids is 2. The Morgan fingerprint density at radius 3 is 1.14 bits per heavy atom. The number of carboxylic acid groups (broad SMARTS) is 2. The molecule has 0 amide bonds. The molecule has 0 aromatic carbocycles. The summed E-state index contributed by atoms with van der Waals surface area (Å²) in [6, 6.07) is 0. The van der Waals surface area contributed by atoms with Crippen LogP contribution >= 0.6 is 0 Å². The van der Waals surface area contributed by atoms with Crippen molar-refractivity contribution < 1.29 is 19.8 Å². The molecule has 0 aliphatic heterocycles. The van der Waals surface area contributed by atoms with E-state index in [1.807, 2.05) is 0 Å². The molecule has 0 aliphatic rings. The Balaban J connectivity index is 0. The minimum absolute atomic E-state index is 0. The van der Waals surface area contributed by atoms with Crippen LogP contribution in [-0.4, -0.2) is 49.5 Å². The fraction of sp³-hybridized carbons (Fsp3) is 0. The summed E-state index contributed by atoms with van der Waals surface area (Å²) in [6.07, 6.45) is 0. The first kappa shape index (κ1) is 9.98. The van der Waals surface area contributed by atoms with Crippen LogP contribution in [0.4, 0.5) is 0 Å². The second kappa shape index (κ2) is 4.03. The summed E-state index contributed by atoms with van der Waals surface area (Å²) in [7, 11) is 0. The Morgan fingerprint density at radius 2 is 1.14 bits per heavy atom. The van der Waals surface area contributed by atoms with Crippen molar-refractivity contribution in [2.24, 2.45) is 0 Å². The SMILES string of the molecule is O=C(O)C(=O)O.[PbH2]. The molecule has 0 heterocycles. The van der Waals surface area contributed by atoms with Gasteiger partial charge in [0.15, 0.2) is 0 Å². The summed E-state index contributed by atoms with van der Waals surface area (Å²) < 4.78 is 0. The molecule has 0 aromatic rings. The fourth-order valence-corrected chi connectivity index (χ4v) is 0. The van der Waals surface area contributed by atoms with E-state index in [2.05, 4.69) is 0 Å². The topological polar surface area (TPSA) is 74.6 Å². The maximum absolute atomic E-state index is 9.10. The zero-order valence-electron chi connectivity index (χ0n) is 3.42. The van der Waals surface area contributed by atoms with Crippen molar-refractivity contribution in [2.75, 3.05) is 0 Å². The first-order chi connectivity index (χ1) is 2.64. The van der Waals surface area contributed by atoms with Crippen molar-refractivity contribution in [1.29, 1.82) is 0 Å². The average Bonchev–Trinajstić information content (AvgIpc) is 1.36. The summed E-state index contributed by atoms with van der Waals surface area (Å²) in [5.41, 5.74) is 0. The van der Waals surface area contributed by atoms with Crippen molar-refractivity contribution in [3.8, 4) is 0 Å². The molecule has 0 unspecified atom stereocenters. The Hall–Kier alpha value is -0.138. The van der Waals surface area contributed by atoms with E-state index < -0.39 is 11.9 Å². The molecule has 2 N–H and O–H groups in total. The molecule has 40 valence electrons. The summed E-state index contributed by atoms with van der Waals surface area (Å²) in [4.78, 5) is 18.2. The molecule has 7 heavy (non-hydrogen) atoms. The second-order valence-corrected chi connectivity index (χ2v) is 0.610. The first-order valence-corrected chi connectivity index (χ1v) is 1.11. The van der Waals surface area contributed by atoms with Gasteiger partial charge >= 0.3 is 39.2 Å². The van der Waals surface area contributed by atoms with Gasteiger partial charge in [0.2, 0.25) is 0 Å². The zero-order valence-corrected chi connectivity index (χ0v) is 8.92. The van der Waals surface area contributed by atoms with Crippen molar-refractivity contribution in [3.63, 3.8) is 0 Å². The Morgan fingerprint density at radius 1 is 1.00 bits per heavy atom. The Bertz CT molecular complexity index is 75.7. The van der Waals surface area contributed by atoms with Crippen LogP contribution < -0.4 is 0 Å². The molecule has 4 nitrogen and oxygen atoms in total. The van der Waals surface area contributed by atoms with Gasteiger partial charge in [-0.25, -0.2) is 9.59 Å². The number of hydrogen-bond donors (Lipinski definition) is 2. The molecule has 0 saturated carbocycles. The van der Waals surface area contributed by atoms with Gasteiger partial charge in [-0.15, -0.1) is 0 Å². The van der Waals surface area contributed by atoms with Crippen LogP contribution in [0.2, 0.25) is 0 Å². The first-order valence-electron chi connectivity index (χ1n) is 1.11. The van der Waals surface area contributed by atoms with Crippen molar-refractivity contribution in [3.05, 3.63) is 0 Å². The van der Waals surface area contributed by atoms with Gasteiger partial charge in [-0.3, -0.25) is 0 Å². The van der Waals surface area contributed by atoms with Gasteiger partial charge in [0.05, 0.1) is 0 Å². The van der Waals surface area contributed by atoms with E-state index >= 15 is 0 Å². The molecule has 0 atom stereocenters. The zero-order chi connectivity index (χ0) is 5.15. The van der Waals surface area contributed by atoms with E-state index in [0.717, 1.165) is 0 Å². The van der Waals surface area contributed by atoms with Crippen LogP contribution in [0.1, 0.15) is 0 Å². The molecule has 0 aromatic heterocycles. The van der Waals surface area contributed by atoms with Gasteiger partial charge in [0.25, 0.3) is 0 Å². The third-order valence-corrected chi connectivity index (χ3v) is 0.183. The van der Waals surface area contributed by atoms with Gasteiger partial charge in [-0.2, -0.15) is 0 Å². The number of hydrogen-bond acceptors (Lipinski definition) is 2. The standard InChI is InChI=1S/C2H2O4.Pb.2H/c3-1(4)2(5)6;;;/h(H,3,4)(H,5,6);;;. The van der Waals surface area contributed by atoms with E-state index in [1.165, 1.54) is 0 Å². The molecule has 5 heteroatoms. The van der Waals surface area contributed by atoms with Gasteiger partial charge in [0, 0.05) is 0 Å². The van der Waals surface area contributed by atoms with E-state index in [4.69, 9.17) is 19.8 Å². The molecule has 2 radical (unpaired) electrons. The normalized spacial score (nSPS) is 6.29. The predicted octanol–water partition coefficient (Wildman–Crippen LogP) is -1.76. The second-order valence-electron chi connectivity index (χ2n) is 0.610. The summed E-state index contributed by atoms with van der Waals surface area (Å²) in [5, 5.41) is 14.8. The molecule has 0 saturated heterocycles. The molecule has 0 bridgehead atoms. The van der Waals surface area contributed by atoms with Crippen molar-refractivity contribution in [2.45, 2.75) is 0 Å². The monoisotopic (exact) mass is 300 g/mol. The number of aliphatic carboxylic acids is 2. The van der Waals surface area contributed by atoms with Crippen LogP contribution in [0.25, 0.3) is 0 Å². The van der Waals surface area contributed by atoms with Gasteiger partial charge in [-0.1, -0.05) is 0 Å². The van der Waals surface area contributed by atoms with Crippen molar-refractivity contribution in [1.82, 2.24) is 0 Å². The Labute approximate surface area is 59.3 Å². The predicted molar refractivity (Wildman–Crippen MR) is 23.8 cm³/mol. The van der Waals surface area contributed by atoms with Crippen LogP contribution in [0.3, 0.4) is 0 Å². The molecule has 0 spiro atoms. The van der Waals surface area contributed by atoms with E-state index in [-0.39, 0.29) is 27.3 Å². The fourth-order valence-electron chi connectivity index (χ4n) is 0. The van der Waals surface area contributed by atoms with E-state index in [9.17, 15) is 0 Å². The summed E-state index contributed by atoms with van der Waals surface area (Å²) >= 11 is 0. The summed E-state index contributed by atoms with van der Waals surface area (Å²) in [6.45, 7) is 0. The molecule has 0 aliphatic carbocycles. The van der Waals surface area contributed by atoms with E-state index in [1.54, 1.807) is 0 Å². The van der Waals surface area contributed by atoms with Crippen LogP contribution in [0.15, 0.2) is 0 Å². The molecule has 0 rings (SSSR count). The summed E-state index contributed by atoms with van der Waals surface area (Å²) in [5.74, 6) is -3.65. The third kappa shape index (κ3) is 5.86. The van der Waals surface area contributed by atoms with Crippen LogP contribution in [0.5, 0.6) is 0 Å². The van der Waals surface area contributed by atoms with Gasteiger partial charge in [-0.05, 0) is 0 Å². The van der Waals surface area contributed by atoms with E-state index in [0.29, 0.717) is 0 Å². The van der Waals surface area contributed by atoms with Crippen LogP contribution in [0, 0.1) is 0 Å². The van der Waals surface area contributed by atoms with Crippen molar-refractivity contribution >= 4 is 39.2 Å². The third-order valence-electron chi connectivity index (χ3n) is 0.183. The quantitative estimate of drug-likeness (QED) is 0.410. The van der Waals surface area contributed by atoms with Gasteiger partial charge in [0.1, 0.15) is 0 Å². The van der Waals surface area contributed by atoms with Gasteiger partial charge < -0.3 is 10.2 Å². The molecular weight excluding hydrogens is 295 g/mol. The van der Waals surface area contributed by atoms with Crippen LogP contribution in [-0.2, 0) is 9.59 Å². The average molecular weight is 299 g/mol. The minimum atomic E-state index is -1.82. The number of carbonyl (C=O) groups is 2. The Kier molecular flexibility index (Phi) is 5.75. The molecular formula is C2H4O4Pb. The number of rotatable bonds is 0. The molecule has 0 fully saturated rings. The maximum atomic E-state index is 9.10.